The minimum absolute atomic E-state index is 0.0122. The molecule has 0 unspecified atom stereocenters. The maximum Gasteiger partial charge on any atom is 0.196 e. The third kappa shape index (κ3) is 2.28. The van der Waals surface area contributed by atoms with Gasteiger partial charge < -0.3 is 4.74 Å². The molecule has 3 rings (SSSR count). The Hall–Kier alpha value is -1.58. The van der Waals surface area contributed by atoms with Gasteiger partial charge in [-0.2, -0.15) is 0 Å². The molecule has 0 saturated heterocycles. The van der Waals surface area contributed by atoms with Crippen molar-refractivity contribution in [3.63, 3.8) is 0 Å². The Kier molecular flexibility index (Phi) is 3.64. The Morgan fingerprint density at radius 2 is 2.00 bits per heavy atom. The smallest absolute Gasteiger partial charge is 0.196 e. The first-order valence-electron chi connectivity index (χ1n) is 6.48. The Balaban J connectivity index is 2.38. The predicted octanol–water partition coefficient (Wildman–Crippen LogP) is 4.86. The second-order valence-corrected chi connectivity index (χ2v) is 6.05. The van der Waals surface area contributed by atoms with Crippen molar-refractivity contribution in [3.05, 3.63) is 51.6 Å². The Bertz CT molecular complexity index is 839. The third-order valence-corrected chi connectivity index (χ3v) is 4.49. The molecule has 0 aliphatic carbocycles. The van der Waals surface area contributed by atoms with Gasteiger partial charge in [0.25, 0.3) is 0 Å². The van der Waals surface area contributed by atoms with Gasteiger partial charge in [0.1, 0.15) is 5.75 Å². The summed E-state index contributed by atoms with van der Waals surface area (Å²) in [6.45, 7) is 2.66. The van der Waals surface area contributed by atoms with Crippen molar-refractivity contribution < 1.29 is 4.74 Å². The molecule has 1 heterocycles. The third-order valence-electron chi connectivity index (χ3n) is 3.07. The normalized spacial score (nSPS) is 11.1. The first kappa shape index (κ1) is 13.4. The van der Waals surface area contributed by atoms with Gasteiger partial charge >= 0.3 is 0 Å². The lowest BCUT2D eigenvalue weighted by molar-refractivity contribution is 0.321. The van der Waals surface area contributed by atoms with E-state index in [1.54, 1.807) is 23.5 Å². The number of rotatable bonds is 3. The molecule has 0 aliphatic heterocycles. The zero-order valence-corrected chi connectivity index (χ0v) is 12.6. The molecule has 0 spiro atoms. The highest BCUT2D eigenvalue weighted by Gasteiger charge is 2.11. The maximum atomic E-state index is 12.6. The molecule has 102 valence electrons. The summed E-state index contributed by atoms with van der Waals surface area (Å²) in [6.07, 6.45) is 0.913. The van der Waals surface area contributed by atoms with E-state index in [1.165, 1.54) is 0 Å². The summed E-state index contributed by atoms with van der Waals surface area (Å²) in [7, 11) is 0. The highest BCUT2D eigenvalue weighted by molar-refractivity contribution is 7.24. The highest BCUT2D eigenvalue weighted by Crippen LogP contribution is 2.34. The summed E-state index contributed by atoms with van der Waals surface area (Å²) in [5.41, 5.74) is 0.0122. The van der Waals surface area contributed by atoms with Gasteiger partial charge in [-0.1, -0.05) is 30.7 Å². The molecular weight excluding hydrogens is 292 g/mol. The van der Waals surface area contributed by atoms with E-state index in [1.807, 2.05) is 31.2 Å². The van der Waals surface area contributed by atoms with Gasteiger partial charge in [0.15, 0.2) is 5.43 Å². The SMILES string of the molecule is CCCOc1cc(Cl)cc2c(=O)c3ccccc3sc12. The van der Waals surface area contributed by atoms with Crippen LogP contribution in [0.25, 0.3) is 20.2 Å². The molecule has 0 saturated carbocycles. The van der Waals surface area contributed by atoms with Crippen molar-refractivity contribution in [2.75, 3.05) is 6.61 Å². The fourth-order valence-corrected chi connectivity index (χ4v) is 3.49. The van der Waals surface area contributed by atoms with E-state index in [2.05, 4.69) is 0 Å². The van der Waals surface area contributed by atoms with Crippen molar-refractivity contribution in [3.8, 4) is 5.75 Å². The van der Waals surface area contributed by atoms with Crippen molar-refractivity contribution in [1.29, 1.82) is 0 Å². The molecule has 0 atom stereocenters. The molecule has 0 radical (unpaired) electrons. The first-order valence-corrected chi connectivity index (χ1v) is 7.68. The summed E-state index contributed by atoms with van der Waals surface area (Å²) < 4.78 is 7.57. The van der Waals surface area contributed by atoms with E-state index in [-0.39, 0.29) is 5.43 Å². The van der Waals surface area contributed by atoms with Crippen LogP contribution in [0.4, 0.5) is 0 Å². The van der Waals surface area contributed by atoms with Crippen LogP contribution in [0, 0.1) is 0 Å². The Morgan fingerprint density at radius 1 is 1.20 bits per heavy atom. The van der Waals surface area contributed by atoms with Crippen LogP contribution in [0.1, 0.15) is 13.3 Å². The predicted molar refractivity (Wildman–Crippen MR) is 86.4 cm³/mol. The summed E-state index contributed by atoms with van der Waals surface area (Å²) in [6, 6.07) is 11.1. The van der Waals surface area contributed by atoms with E-state index in [0.717, 1.165) is 21.2 Å². The second kappa shape index (κ2) is 5.43. The quantitative estimate of drug-likeness (QED) is 0.646. The number of ether oxygens (including phenoxy) is 1. The van der Waals surface area contributed by atoms with Gasteiger partial charge in [-0.3, -0.25) is 4.79 Å². The van der Waals surface area contributed by atoms with E-state index >= 15 is 0 Å². The molecule has 0 aliphatic rings. The standard InChI is InChI=1S/C16H13ClO2S/c1-2-7-19-13-9-10(17)8-12-15(18)11-5-3-4-6-14(11)20-16(12)13/h3-6,8-9H,2,7H2,1H3. The van der Waals surface area contributed by atoms with Crippen LogP contribution >= 0.6 is 22.9 Å². The van der Waals surface area contributed by atoms with Crippen LogP contribution in [0.3, 0.4) is 0 Å². The largest absolute Gasteiger partial charge is 0.492 e. The molecule has 3 aromatic rings. The Labute approximate surface area is 125 Å². The van der Waals surface area contributed by atoms with Gasteiger partial charge in [0.2, 0.25) is 0 Å². The van der Waals surface area contributed by atoms with Crippen LogP contribution in [0.15, 0.2) is 41.2 Å². The van der Waals surface area contributed by atoms with Gasteiger partial charge in [0, 0.05) is 26.6 Å². The molecule has 2 nitrogen and oxygen atoms in total. The molecule has 0 fully saturated rings. The van der Waals surface area contributed by atoms with E-state index in [0.29, 0.717) is 22.8 Å². The molecule has 0 bridgehead atoms. The zero-order chi connectivity index (χ0) is 14.1. The summed E-state index contributed by atoms with van der Waals surface area (Å²) in [5.74, 6) is 0.696. The lowest BCUT2D eigenvalue weighted by atomic mass is 10.2. The van der Waals surface area contributed by atoms with E-state index in [9.17, 15) is 4.79 Å². The molecule has 0 amide bonds. The average molecular weight is 305 g/mol. The number of fused-ring (bicyclic) bond motifs is 2. The van der Waals surface area contributed by atoms with Crippen molar-refractivity contribution in [2.24, 2.45) is 0 Å². The topological polar surface area (TPSA) is 26.3 Å². The first-order chi connectivity index (χ1) is 9.70. The van der Waals surface area contributed by atoms with Crippen molar-refractivity contribution >= 4 is 43.1 Å². The number of hydrogen-bond acceptors (Lipinski definition) is 3. The number of halogens is 1. The van der Waals surface area contributed by atoms with E-state index < -0.39 is 0 Å². The van der Waals surface area contributed by atoms with Crippen molar-refractivity contribution in [2.45, 2.75) is 13.3 Å². The van der Waals surface area contributed by atoms with Crippen molar-refractivity contribution in [1.82, 2.24) is 0 Å². The average Bonchev–Trinajstić information content (AvgIpc) is 2.46. The van der Waals surface area contributed by atoms with E-state index in [4.69, 9.17) is 16.3 Å². The molecule has 2 aromatic carbocycles. The van der Waals surface area contributed by atoms with Crippen LogP contribution in [-0.4, -0.2) is 6.61 Å². The van der Waals surface area contributed by atoms with Gasteiger partial charge in [-0.25, -0.2) is 0 Å². The number of hydrogen-bond donors (Lipinski definition) is 0. The minimum atomic E-state index is 0.0122. The van der Waals surface area contributed by atoms with Crippen LogP contribution in [-0.2, 0) is 0 Å². The molecule has 0 N–H and O–H groups in total. The molecule has 20 heavy (non-hydrogen) atoms. The monoisotopic (exact) mass is 304 g/mol. The van der Waals surface area contributed by atoms with Crippen LogP contribution < -0.4 is 10.2 Å². The summed E-state index contributed by atoms with van der Waals surface area (Å²) >= 11 is 7.68. The van der Waals surface area contributed by atoms with Gasteiger partial charge in [0.05, 0.1) is 11.3 Å². The van der Waals surface area contributed by atoms with Gasteiger partial charge in [-0.05, 0) is 24.6 Å². The summed E-state index contributed by atoms with van der Waals surface area (Å²) in [5, 5.41) is 1.89. The minimum Gasteiger partial charge on any atom is -0.492 e. The van der Waals surface area contributed by atoms with Crippen LogP contribution in [0.2, 0.25) is 5.02 Å². The lowest BCUT2D eigenvalue weighted by Gasteiger charge is -2.09. The fraction of sp³-hybridized carbons (Fsp3) is 0.188. The molecule has 4 heteroatoms. The second-order valence-electron chi connectivity index (χ2n) is 4.56. The highest BCUT2D eigenvalue weighted by atomic mass is 35.5. The van der Waals surface area contributed by atoms with Gasteiger partial charge in [-0.15, -0.1) is 11.3 Å². The summed E-state index contributed by atoms with van der Waals surface area (Å²) in [4.78, 5) is 12.6. The fourth-order valence-electron chi connectivity index (χ4n) is 2.16. The van der Waals surface area contributed by atoms with Crippen LogP contribution in [0.5, 0.6) is 5.75 Å². The lowest BCUT2D eigenvalue weighted by Crippen LogP contribution is -2.03. The number of benzene rings is 2. The Morgan fingerprint density at radius 3 is 2.80 bits per heavy atom. The maximum absolute atomic E-state index is 12.6. The zero-order valence-electron chi connectivity index (χ0n) is 11.0. The molecular formula is C16H13ClO2S. The molecule has 1 aromatic heterocycles.